The molecule has 0 bridgehead atoms. The molecule has 13 heteroatoms. The van der Waals surface area contributed by atoms with Crippen molar-refractivity contribution in [1.29, 1.82) is 0 Å². The molecule has 1 aliphatic carbocycles. The smallest absolute Gasteiger partial charge is 0.311 e. The molecule has 1 saturated carbocycles. The molecule has 3 rings (SSSR count). The van der Waals surface area contributed by atoms with E-state index in [0.717, 1.165) is 25.8 Å². The number of ether oxygens (including phenoxy) is 2. The molecule has 0 spiro atoms. The Kier molecular flexibility index (Phi) is 13.1. The number of rotatable bonds is 14. The molecule has 1 saturated heterocycles. The van der Waals surface area contributed by atoms with Crippen molar-refractivity contribution in [3.8, 4) is 0 Å². The third-order valence-corrected chi connectivity index (χ3v) is 10.6. The Morgan fingerprint density at radius 1 is 1.13 bits per heavy atom. The number of hydrogen-bond acceptors (Lipinski definition) is 10. The maximum Gasteiger partial charge on any atom is 0.311 e. The lowest BCUT2D eigenvalue weighted by molar-refractivity contribution is -0.160. The van der Waals surface area contributed by atoms with Crippen LogP contribution < -0.4 is 10.6 Å². The molecule has 1 unspecified atom stereocenters. The average molecular weight is 664 g/mol. The molecule has 12 nitrogen and oxygen atoms in total. The molecule has 3 amide bonds. The zero-order chi connectivity index (χ0) is 34.3. The first kappa shape index (κ1) is 37.4. The molecule has 2 N–H and O–H groups in total. The van der Waals surface area contributed by atoms with Crippen LogP contribution in [0.5, 0.6) is 0 Å². The highest BCUT2D eigenvalue weighted by molar-refractivity contribution is 7.09. The molecule has 46 heavy (non-hydrogen) atoms. The molecule has 0 radical (unpaired) electrons. The Morgan fingerprint density at radius 3 is 2.35 bits per heavy atom. The Morgan fingerprint density at radius 2 is 1.80 bits per heavy atom. The number of esters is 2. The second-order valence-corrected chi connectivity index (χ2v) is 14.5. The maximum absolute atomic E-state index is 13.9. The van der Waals surface area contributed by atoms with Crippen LogP contribution in [0.2, 0.25) is 0 Å². The molecule has 2 aliphatic rings. The van der Waals surface area contributed by atoms with Crippen molar-refractivity contribution in [2.75, 3.05) is 27.7 Å². The minimum Gasteiger partial charge on any atom is -0.469 e. The van der Waals surface area contributed by atoms with E-state index in [2.05, 4.69) is 15.6 Å². The number of thiazole rings is 1. The number of likely N-dealkylation sites (tertiary alicyclic amines) is 1. The minimum absolute atomic E-state index is 0.0185. The molecule has 258 valence electrons. The van der Waals surface area contributed by atoms with E-state index in [0.29, 0.717) is 24.3 Å². The van der Waals surface area contributed by atoms with E-state index in [9.17, 15) is 24.0 Å². The van der Waals surface area contributed by atoms with Crippen molar-refractivity contribution in [3.63, 3.8) is 0 Å². The topological polar surface area (TPSA) is 147 Å². The van der Waals surface area contributed by atoms with E-state index >= 15 is 0 Å². The quantitative estimate of drug-likeness (QED) is 0.285. The Hall–Kier alpha value is -3.06. The van der Waals surface area contributed by atoms with E-state index in [4.69, 9.17) is 9.47 Å². The monoisotopic (exact) mass is 663 g/mol. The zero-order valence-corrected chi connectivity index (χ0v) is 29.7. The summed E-state index contributed by atoms with van der Waals surface area (Å²) in [5, 5.41) is 8.05. The zero-order valence-electron chi connectivity index (χ0n) is 28.9. The Labute approximate surface area is 277 Å². The second kappa shape index (κ2) is 16.2. The summed E-state index contributed by atoms with van der Waals surface area (Å²) in [6.45, 7) is 11.9. The van der Waals surface area contributed by atoms with Gasteiger partial charge in [-0.05, 0) is 57.5 Å². The van der Waals surface area contributed by atoms with Crippen molar-refractivity contribution < 1.29 is 33.4 Å². The highest BCUT2D eigenvalue weighted by Crippen LogP contribution is 2.45. The van der Waals surface area contributed by atoms with Gasteiger partial charge in [0.05, 0.1) is 18.6 Å². The summed E-state index contributed by atoms with van der Waals surface area (Å²) < 4.78 is 10.7. The molecular weight excluding hydrogens is 610 g/mol. The number of aromatic nitrogens is 1. The van der Waals surface area contributed by atoms with Gasteiger partial charge in [-0.1, -0.05) is 41.0 Å². The number of methoxy groups -OCH3 is 1. The summed E-state index contributed by atoms with van der Waals surface area (Å²) in [6, 6.07) is -1.50. The fraction of sp³-hybridized carbons (Fsp3) is 0.758. The van der Waals surface area contributed by atoms with Crippen molar-refractivity contribution in [2.24, 2.45) is 17.3 Å². The number of carbonyl (C=O) groups excluding carboxylic acids is 5. The predicted molar refractivity (Wildman–Crippen MR) is 175 cm³/mol. The van der Waals surface area contributed by atoms with Crippen molar-refractivity contribution in [3.05, 3.63) is 16.1 Å². The summed E-state index contributed by atoms with van der Waals surface area (Å²) >= 11 is 1.21. The number of nitrogens with zero attached hydrogens (tertiary/aromatic N) is 3. The number of nitrogens with one attached hydrogen (secondary N) is 2. The van der Waals surface area contributed by atoms with E-state index < -0.39 is 23.5 Å². The van der Waals surface area contributed by atoms with Crippen LogP contribution >= 0.6 is 11.3 Å². The molecule has 2 heterocycles. The van der Waals surface area contributed by atoms with Crippen LogP contribution in [-0.2, 0) is 28.7 Å². The molecule has 2 fully saturated rings. The molecule has 1 aromatic rings. The van der Waals surface area contributed by atoms with Crippen LogP contribution in [0, 0.1) is 17.3 Å². The van der Waals surface area contributed by atoms with Gasteiger partial charge in [0, 0.05) is 37.9 Å². The van der Waals surface area contributed by atoms with Crippen LogP contribution in [0.3, 0.4) is 0 Å². The van der Waals surface area contributed by atoms with Gasteiger partial charge >= 0.3 is 11.9 Å². The fourth-order valence-electron chi connectivity index (χ4n) is 6.65. The van der Waals surface area contributed by atoms with Gasteiger partial charge in [0.25, 0.3) is 5.91 Å². The summed E-state index contributed by atoms with van der Waals surface area (Å²) in [6.07, 6.45) is 3.90. The van der Waals surface area contributed by atoms with Gasteiger partial charge in [-0.25, -0.2) is 4.98 Å². The lowest BCUT2D eigenvalue weighted by atomic mass is 9.64. The van der Waals surface area contributed by atoms with Crippen LogP contribution in [0.4, 0.5) is 0 Å². The third kappa shape index (κ3) is 8.84. The van der Waals surface area contributed by atoms with E-state index in [-0.39, 0.29) is 65.8 Å². The third-order valence-electron chi connectivity index (χ3n) is 9.62. The lowest BCUT2D eigenvalue weighted by Gasteiger charge is -2.44. The highest BCUT2D eigenvalue weighted by Gasteiger charge is 2.50. The number of amides is 3. The van der Waals surface area contributed by atoms with Crippen LogP contribution in [0.25, 0.3) is 0 Å². The first-order chi connectivity index (χ1) is 21.6. The van der Waals surface area contributed by atoms with Gasteiger partial charge < -0.3 is 25.0 Å². The standard InChI is InChI=1S/C33H53N5O7S/c1-10-33(32(43)44-9)16-22(17-33)34-28(40)23-18-46-30(35-23)26(45-21(6)39)15-25(19(2)3)38(8)31(42)27(20(4)5)36-29(41)24-13-11-12-14-37(24)7/h18-20,22,24-27H,10-17H2,1-9H3,(H,34,40)(H,36,41)/t22?,24?,25-,26-,27+,33?/m1/s1. The van der Waals surface area contributed by atoms with E-state index in [1.807, 2.05) is 46.6 Å². The lowest BCUT2D eigenvalue weighted by Crippen LogP contribution is -2.57. The van der Waals surface area contributed by atoms with Crippen molar-refractivity contribution in [2.45, 2.75) is 117 Å². The first-order valence-electron chi connectivity index (χ1n) is 16.4. The fourth-order valence-corrected chi connectivity index (χ4v) is 7.49. The molecular formula is C33H53N5O7S. The van der Waals surface area contributed by atoms with Gasteiger partial charge in [-0.3, -0.25) is 28.9 Å². The second-order valence-electron chi connectivity index (χ2n) is 13.6. The molecule has 1 aromatic heterocycles. The van der Waals surface area contributed by atoms with Gasteiger partial charge in [0.15, 0.2) is 6.10 Å². The van der Waals surface area contributed by atoms with Gasteiger partial charge in [-0.2, -0.15) is 0 Å². The highest BCUT2D eigenvalue weighted by atomic mass is 32.1. The largest absolute Gasteiger partial charge is 0.469 e. The summed E-state index contributed by atoms with van der Waals surface area (Å²) in [5.74, 6) is -1.64. The van der Waals surface area contributed by atoms with Gasteiger partial charge in [0.1, 0.15) is 16.7 Å². The van der Waals surface area contributed by atoms with Crippen molar-refractivity contribution in [1.82, 2.24) is 25.4 Å². The number of likely N-dealkylation sites (N-methyl/N-ethyl adjacent to an activating group) is 2. The van der Waals surface area contributed by atoms with Gasteiger partial charge in [0.2, 0.25) is 11.8 Å². The van der Waals surface area contributed by atoms with Crippen LogP contribution in [0.15, 0.2) is 5.38 Å². The summed E-state index contributed by atoms with van der Waals surface area (Å²) in [5.41, 5.74) is -0.371. The normalized spacial score (nSPS) is 23.5. The van der Waals surface area contributed by atoms with Gasteiger partial charge in [-0.15, -0.1) is 11.3 Å². The summed E-state index contributed by atoms with van der Waals surface area (Å²) in [4.78, 5) is 72.8. The van der Waals surface area contributed by atoms with Crippen LogP contribution in [0.1, 0.15) is 108 Å². The minimum atomic E-state index is -0.787. The van der Waals surface area contributed by atoms with E-state index in [1.54, 1.807) is 17.3 Å². The van der Waals surface area contributed by atoms with Crippen molar-refractivity contribution >= 4 is 41.0 Å². The van der Waals surface area contributed by atoms with E-state index in [1.165, 1.54) is 25.4 Å². The molecule has 0 aromatic carbocycles. The number of carbonyl (C=O) groups is 5. The average Bonchev–Trinajstić information content (AvgIpc) is 3.48. The number of hydrogen-bond donors (Lipinski definition) is 2. The number of piperidine rings is 1. The van der Waals surface area contributed by atoms with Crippen LogP contribution in [-0.4, -0.2) is 96.4 Å². The Bertz CT molecular complexity index is 1240. The summed E-state index contributed by atoms with van der Waals surface area (Å²) in [7, 11) is 5.03. The Balaban J connectivity index is 1.73. The molecule has 1 aliphatic heterocycles. The predicted octanol–water partition coefficient (Wildman–Crippen LogP) is 3.71. The first-order valence-corrected chi connectivity index (χ1v) is 17.3. The maximum atomic E-state index is 13.9. The SMILES string of the molecule is CCC1(C(=O)OC)CC(NC(=O)c2csc([C@@H](C[C@H](C(C)C)N(C)C(=O)[C@@H](NC(=O)C3CCCCN3C)C(C)C)OC(C)=O)n2)C1. The molecule has 4 atom stereocenters.